The Hall–Kier alpha value is -2.35. The minimum absolute atomic E-state index is 0.0763. The van der Waals surface area contributed by atoms with Crippen molar-refractivity contribution in [1.29, 1.82) is 0 Å². The van der Waals surface area contributed by atoms with Gasteiger partial charge >= 0.3 is 0 Å². The normalized spacial score (nSPS) is 12.4. The van der Waals surface area contributed by atoms with E-state index in [0.717, 1.165) is 11.1 Å². The van der Waals surface area contributed by atoms with Crippen LogP contribution in [0.1, 0.15) is 18.6 Å². The monoisotopic (exact) mass is 423 g/mol. The van der Waals surface area contributed by atoms with Crippen molar-refractivity contribution in [2.45, 2.75) is 19.7 Å². The molecule has 0 fully saturated rings. The maximum absolute atomic E-state index is 13.8. The molecule has 3 rings (SSSR count). The number of nitrogen functional groups attached to an aromatic ring is 1. The summed E-state index contributed by atoms with van der Waals surface area (Å²) in [5.74, 6) is -0.00800. The molecule has 6 nitrogen and oxygen atoms in total. The summed E-state index contributed by atoms with van der Waals surface area (Å²) in [6, 6.07) is 4.41. The number of nitrogens with zero attached hydrogens (tertiary/aromatic N) is 4. The number of anilines is 1. The highest BCUT2D eigenvalue weighted by Crippen LogP contribution is 2.36. The number of aromatic nitrogens is 3. The van der Waals surface area contributed by atoms with Crippen LogP contribution in [-0.4, -0.2) is 33.8 Å². The number of rotatable bonds is 6. The van der Waals surface area contributed by atoms with E-state index < -0.39 is 11.9 Å². The molecule has 2 aromatic heterocycles. The van der Waals surface area contributed by atoms with E-state index in [2.05, 4.69) is 10.1 Å². The lowest BCUT2D eigenvalue weighted by atomic mass is 10.1. The first-order chi connectivity index (χ1) is 13.3. The second-order valence-electron chi connectivity index (χ2n) is 6.61. The molecule has 1 unspecified atom stereocenters. The molecule has 148 valence electrons. The van der Waals surface area contributed by atoms with Crippen molar-refractivity contribution in [2.24, 2.45) is 0 Å². The average molecular weight is 424 g/mol. The van der Waals surface area contributed by atoms with Crippen LogP contribution in [0.3, 0.4) is 0 Å². The maximum Gasteiger partial charge on any atom is 0.166 e. The van der Waals surface area contributed by atoms with Crippen molar-refractivity contribution in [3.05, 3.63) is 58.2 Å². The van der Waals surface area contributed by atoms with Gasteiger partial charge < -0.3 is 10.5 Å². The van der Waals surface area contributed by atoms with Crippen molar-refractivity contribution < 1.29 is 9.13 Å². The van der Waals surface area contributed by atoms with Crippen LogP contribution in [0.2, 0.25) is 10.0 Å². The van der Waals surface area contributed by atoms with Gasteiger partial charge in [-0.2, -0.15) is 5.10 Å². The summed E-state index contributed by atoms with van der Waals surface area (Å²) in [7, 11) is 3.92. The molecule has 2 N–H and O–H groups in total. The second-order valence-corrected chi connectivity index (χ2v) is 7.40. The van der Waals surface area contributed by atoms with Crippen molar-refractivity contribution in [3.8, 4) is 16.9 Å². The Labute approximate surface area is 172 Å². The predicted molar refractivity (Wildman–Crippen MR) is 109 cm³/mol. The molecule has 1 atom stereocenters. The first kappa shape index (κ1) is 20.4. The topological polar surface area (TPSA) is 69.2 Å². The SMILES string of the molecule is CC(Oc1cc(-c2cnn(CN(C)C)c2)cnc1N)c1c(Cl)ccc(F)c1Cl. The Bertz CT molecular complexity index is 992. The summed E-state index contributed by atoms with van der Waals surface area (Å²) in [5.41, 5.74) is 7.98. The lowest BCUT2D eigenvalue weighted by Gasteiger charge is -2.19. The Morgan fingerprint density at radius 2 is 2.00 bits per heavy atom. The second kappa shape index (κ2) is 8.34. The van der Waals surface area contributed by atoms with E-state index in [4.69, 9.17) is 33.7 Å². The molecule has 0 spiro atoms. The summed E-state index contributed by atoms with van der Waals surface area (Å²) in [6.07, 6.45) is 4.66. The first-order valence-corrected chi connectivity index (χ1v) is 9.25. The summed E-state index contributed by atoms with van der Waals surface area (Å²) in [6.45, 7) is 2.37. The van der Waals surface area contributed by atoms with Crippen molar-refractivity contribution in [3.63, 3.8) is 0 Å². The molecule has 28 heavy (non-hydrogen) atoms. The van der Waals surface area contributed by atoms with Gasteiger partial charge in [-0.15, -0.1) is 0 Å². The van der Waals surface area contributed by atoms with E-state index in [-0.39, 0.29) is 10.8 Å². The molecular weight excluding hydrogens is 404 g/mol. The third-order valence-corrected chi connectivity index (χ3v) is 4.78. The van der Waals surface area contributed by atoms with E-state index in [1.165, 1.54) is 12.1 Å². The Morgan fingerprint density at radius 1 is 1.25 bits per heavy atom. The molecule has 9 heteroatoms. The van der Waals surface area contributed by atoms with E-state index in [1.54, 1.807) is 30.1 Å². The minimum atomic E-state index is -0.633. The van der Waals surface area contributed by atoms with Gasteiger partial charge in [-0.3, -0.25) is 9.58 Å². The van der Waals surface area contributed by atoms with Crippen LogP contribution in [0.5, 0.6) is 5.75 Å². The summed E-state index contributed by atoms with van der Waals surface area (Å²) < 4.78 is 21.5. The van der Waals surface area contributed by atoms with Gasteiger partial charge in [0, 0.05) is 34.1 Å². The summed E-state index contributed by atoms with van der Waals surface area (Å²) in [5, 5.41) is 4.56. The maximum atomic E-state index is 13.8. The zero-order valence-electron chi connectivity index (χ0n) is 15.7. The molecule has 0 aliphatic rings. The Balaban J connectivity index is 1.88. The fourth-order valence-corrected chi connectivity index (χ4v) is 3.43. The molecule has 0 radical (unpaired) electrons. The number of hydrogen-bond donors (Lipinski definition) is 1. The van der Waals surface area contributed by atoms with Gasteiger partial charge in [0.25, 0.3) is 0 Å². The van der Waals surface area contributed by atoms with Crippen molar-refractivity contribution in [2.75, 3.05) is 19.8 Å². The fraction of sp³-hybridized carbons (Fsp3) is 0.263. The summed E-state index contributed by atoms with van der Waals surface area (Å²) in [4.78, 5) is 6.20. The Morgan fingerprint density at radius 3 is 2.71 bits per heavy atom. The minimum Gasteiger partial charge on any atom is -0.482 e. The number of halogens is 3. The smallest absolute Gasteiger partial charge is 0.166 e. The van der Waals surface area contributed by atoms with Crippen LogP contribution in [0.15, 0.2) is 36.8 Å². The van der Waals surface area contributed by atoms with Gasteiger partial charge in [-0.05, 0) is 39.2 Å². The number of hydrogen-bond acceptors (Lipinski definition) is 5. The molecule has 0 saturated carbocycles. The van der Waals surface area contributed by atoms with Crippen LogP contribution < -0.4 is 10.5 Å². The number of pyridine rings is 1. The van der Waals surface area contributed by atoms with Gasteiger partial charge in [0.1, 0.15) is 11.9 Å². The molecule has 0 aliphatic heterocycles. The predicted octanol–water partition coefficient (Wildman–Crippen LogP) is 4.63. The average Bonchev–Trinajstić information content (AvgIpc) is 3.08. The lowest BCUT2D eigenvalue weighted by molar-refractivity contribution is 0.227. The van der Waals surface area contributed by atoms with Crippen LogP contribution in [-0.2, 0) is 6.67 Å². The van der Waals surface area contributed by atoms with Crippen LogP contribution in [0.4, 0.5) is 10.2 Å². The molecule has 1 aromatic carbocycles. The highest BCUT2D eigenvalue weighted by Gasteiger charge is 2.20. The largest absolute Gasteiger partial charge is 0.482 e. The molecule has 0 bridgehead atoms. The van der Waals surface area contributed by atoms with E-state index >= 15 is 0 Å². The zero-order valence-corrected chi connectivity index (χ0v) is 17.2. The molecule has 0 saturated heterocycles. The van der Waals surface area contributed by atoms with Crippen LogP contribution in [0.25, 0.3) is 11.1 Å². The molecule has 2 heterocycles. The van der Waals surface area contributed by atoms with E-state index in [1.807, 2.05) is 25.2 Å². The molecular formula is C19H20Cl2FN5O. The molecule has 0 amide bonds. The third-order valence-electron chi connectivity index (χ3n) is 4.07. The van der Waals surface area contributed by atoms with Gasteiger partial charge in [-0.1, -0.05) is 23.2 Å². The number of ether oxygens (including phenoxy) is 1. The van der Waals surface area contributed by atoms with Crippen molar-refractivity contribution >= 4 is 29.0 Å². The number of benzene rings is 1. The van der Waals surface area contributed by atoms with Gasteiger partial charge in [0.05, 0.1) is 17.9 Å². The quantitative estimate of drug-likeness (QED) is 0.585. The van der Waals surface area contributed by atoms with Gasteiger partial charge in [0.15, 0.2) is 11.6 Å². The number of nitrogens with two attached hydrogens (primary N) is 1. The highest BCUT2D eigenvalue weighted by molar-refractivity contribution is 6.36. The fourth-order valence-electron chi connectivity index (χ4n) is 2.75. The Kier molecular flexibility index (Phi) is 6.07. The standard InChI is InChI=1S/C19H20Cl2FN5O/c1-11(17-14(20)4-5-15(22)18(17)21)28-16-6-12(7-24-19(16)23)13-8-25-27(9-13)10-26(2)3/h4-9,11H,10H2,1-3H3,(H2,23,24). The van der Waals surface area contributed by atoms with Gasteiger partial charge in [-0.25, -0.2) is 9.37 Å². The van der Waals surface area contributed by atoms with Crippen molar-refractivity contribution in [1.82, 2.24) is 19.7 Å². The highest BCUT2D eigenvalue weighted by atomic mass is 35.5. The zero-order chi connectivity index (χ0) is 20.4. The molecule has 0 aliphatic carbocycles. The van der Waals surface area contributed by atoms with Gasteiger partial charge in [0.2, 0.25) is 0 Å². The van der Waals surface area contributed by atoms with Crippen LogP contribution in [0, 0.1) is 5.82 Å². The molecule has 3 aromatic rings. The third kappa shape index (κ3) is 4.38. The summed E-state index contributed by atoms with van der Waals surface area (Å²) >= 11 is 12.3. The first-order valence-electron chi connectivity index (χ1n) is 8.49. The van der Waals surface area contributed by atoms with E-state index in [0.29, 0.717) is 23.0 Å². The lowest BCUT2D eigenvalue weighted by Crippen LogP contribution is -2.16. The van der Waals surface area contributed by atoms with Crippen LogP contribution >= 0.6 is 23.2 Å². The van der Waals surface area contributed by atoms with E-state index in [9.17, 15) is 4.39 Å².